The van der Waals surface area contributed by atoms with Gasteiger partial charge in [-0.3, -0.25) is 4.98 Å². The highest BCUT2D eigenvalue weighted by Gasteiger charge is 2.09. The molecule has 0 spiro atoms. The average molecular weight is 261 g/mol. The van der Waals surface area contributed by atoms with Crippen LogP contribution in [0.3, 0.4) is 0 Å². The van der Waals surface area contributed by atoms with Gasteiger partial charge < -0.3 is 0 Å². The Balaban J connectivity index is 2.35. The molecule has 0 saturated heterocycles. The Morgan fingerprint density at radius 3 is 2.30 bits per heavy atom. The first kappa shape index (κ1) is 12.9. The number of hydrogen-bond donors (Lipinski definition) is 0. The molecular weight excluding hydrogens is 242 g/mol. The van der Waals surface area contributed by atoms with Crippen molar-refractivity contribution in [2.24, 2.45) is 0 Å². The molecule has 0 radical (unpaired) electrons. The van der Waals surface area contributed by atoms with E-state index < -0.39 is 0 Å². The number of hydrogen-bond acceptors (Lipinski definition) is 1. The topological polar surface area (TPSA) is 12.9 Å². The van der Waals surface area contributed by atoms with Crippen molar-refractivity contribution in [3.05, 3.63) is 64.8 Å². The fourth-order valence-electron chi connectivity index (χ4n) is 2.71. The van der Waals surface area contributed by atoms with Gasteiger partial charge in [0.1, 0.15) is 0 Å². The summed E-state index contributed by atoms with van der Waals surface area (Å²) in [6.45, 7) is 8.61. The van der Waals surface area contributed by atoms with Crippen LogP contribution in [0.25, 0.3) is 22.0 Å². The lowest BCUT2D eigenvalue weighted by Crippen LogP contribution is -1.92. The van der Waals surface area contributed by atoms with Crippen LogP contribution in [0.4, 0.5) is 0 Å². The Morgan fingerprint density at radius 2 is 1.50 bits per heavy atom. The van der Waals surface area contributed by atoms with Crippen LogP contribution < -0.4 is 0 Å². The third-order valence-electron chi connectivity index (χ3n) is 4.02. The van der Waals surface area contributed by atoms with E-state index in [2.05, 4.69) is 69.1 Å². The summed E-state index contributed by atoms with van der Waals surface area (Å²) in [4.78, 5) is 4.65. The molecule has 0 bridgehead atoms. The van der Waals surface area contributed by atoms with E-state index in [1.54, 1.807) is 0 Å². The Kier molecular flexibility index (Phi) is 3.06. The highest BCUT2D eigenvalue weighted by Crippen LogP contribution is 2.31. The van der Waals surface area contributed by atoms with Crippen molar-refractivity contribution < 1.29 is 0 Å². The second-order valence-electron chi connectivity index (χ2n) is 5.64. The molecule has 2 aromatic carbocycles. The van der Waals surface area contributed by atoms with Crippen LogP contribution in [0.1, 0.15) is 22.3 Å². The van der Waals surface area contributed by atoms with E-state index in [0.717, 1.165) is 5.69 Å². The number of rotatable bonds is 1. The van der Waals surface area contributed by atoms with Gasteiger partial charge in [0.15, 0.2) is 0 Å². The van der Waals surface area contributed by atoms with Crippen molar-refractivity contribution in [1.29, 1.82) is 0 Å². The highest BCUT2D eigenvalue weighted by molar-refractivity contribution is 5.95. The second-order valence-corrected chi connectivity index (χ2v) is 5.64. The largest absolute Gasteiger partial charge is 0.256 e. The molecule has 100 valence electrons. The summed E-state index contributed by atoms with van der Waals surface area (Å²) in [5.41, 5.74) is 7.54. The Labute approximate surface area is 120 Å². The van der Waals surface area contributed by atoms with Crippen LogP contribution in [-0.2, 0) is 0 Å². The van der Waals surface area contributed by atoms with Crippen LogP contribution in [0.2, 0.25) is 0 Å². The summed E-state index contributed by atoms with van der Waals surface area (Å²) in [5.74, 6) is 0. The predicted octanol–water partition coefficient (Wildman–Crippen LogP) is 5.14. The van der Waals surface area contributed by atoms with Gasteiger partial charge in [-0.05, 0) is 68.0 Å². The first-order valence-electron chi connectivity index (χ1n) is 7.00. The molecule has 1 aromatic heterocycles. The molecule has 0 unspecified atom stereocenters. The first-order chi connectivity index (χ1) is 9.56. The minimum absolute atomic E-state index is 1.09. The van der Waals surface area contributed by atoms with Gasteiger partial charge in [0.2, 0.25) is 0 Å². The zero-order chi connectivity index (χ0) is 14.3. The molecule has 3 rings (SSSR count). The summed E-state index contributed by atoms with van der Waals surface area (Å²) >= 11 is 0. The lowest BCUT2D eigenvalue weighted by Gasteiger charge is -2.12. The maximum atomic E-state index is 4.65. The van der Waals surface area contributed by atoms with E-state index in [0.29, 0.717) is 0 Å². The molecule has 0 saturated carbocycles. The van der Waals surface area contributed by atoms with Crippen molar-refractivity contribution >= 4 is 10.8 Å². The van der Waals surface area contributed by atoms with Crippen molar-refractivity contribution in [3.8, 4) is 11.3 Å². The Morgan fingerprint density at radius 1 is 0.750 bits per heavy atom. The SMILES string of the molecule is Cc1ccc2ccnc(-c3cc(C)c(C)cc3C)c2c1. The molecule has 1 heteroatoms. The molecule has 3 aromatic rings. The number of aryl methyl sites for hydroxylation is 4. The molecule has 20 heavy (non-hydrogen) atoms. The summed E-state index contributed by atoms with van der Waals surface area (Å²) in [5, 5.41) is 2.48. The maximum Gasteiger partial charge on any atom is 0.0783 e. The van der Waals surface area contributed by atoms with Crippen LogP contribution in [-0.4, -0.2) is 4.98 Å². The van der Waals surface area contributed by atoms with E-state index in [9.17, 15) is 0 Å². The lowest BCUT2D eigenvalue weighted by molar-refractivity contribution is 1.27. The minimum Gasteiger partial charge on any atom is -0.256 e. The number of benzene rings is 2. The van der Waals surface area contributed by atoms with Crippen molar-refractivity contribution in [2.45, 2.75) is 27.7 Å². The second kappa shape index (κ2) is 4.75. The van der Waals surface area contributed by atoms with Gasteiger partial charge in [-0.15, -0.1) is 0 Å². The average Bonchev–Trinajstić information content (AvgIpc) is 2.42. The van der Waals surface area contributed by atoms with E-state index in [4.69, 9.17) is 0 Å². The summed E-state index contributed by atoms with van der Waals surface area (Å²) in [7, 11) is 0. The fourth-order valence-corrected chi connectivity index (χ4v) is 2.71. The fraction of sp³-hybridized carbons (Fsp3) is 0.211. The lowest BCUT2D eigenvalue weighted by atomic mass is 9.95. The summed E-state index contributed by atoms with van der Waals surface area (Å²) in [6, 6.07) is 13.1. The zero-order valence-corrected chi connectivity index (χ0v) is 12.5. The molecule has 0 amide bonds. The third kappa shape index (κ3) is 2.09. The number of nitrogens with zero attached hydrogens (tertiary/aromatic N) is 1. The molecule has 0 N–H and O–H groups in total. The number of aromatic nitrogens is 1. The van der Waals surface area contributed by atoms with Gasteiger partial charge in [-0.1, -0.05) is 23.8 Å². The highest BCUT2D eigenvalue weighted by atomic mass is 14.7. The Hall–Kier alpha value is -2.15. The van der Waals surface area contributed by atoms with E-state index in [-0.39, 0.29) is 0 Å². The van der Waals surface area contributed by atoms with Crippen molar-refractivity contribution in [2.75, 3.05) is 0 Å². The van der Waals surface area contributed by atoms with Gasteiger partial charge in [-0.2, -0.15) is 0 Å². The van der Waals surface area contributed by atoms with E-state index >= 15 is 0 Å². The van der Waals surface area contributed by atoms with E-state index in [1.165, 1.54) is 38.6 Å². The summed E-state index contributed by atoms with van der Waals surface area (Å²) in [6.07, 6.45) is 1.90. The van der Waals surface area contributed by atoms with Gasteiger partial charge in [-0.25, -0.2) is 0 Å². The van der Waals surface area contributed by atoms with Crippen LogP contribution in [0, 0.1) is 27.7 Å². The van der Waals surface area contributed by atoms with Crippen LogP contribution in [0.5, 0.6) is 0 Å². The standard InChI is InChI=1S/C19H19N/c1-12-5-6-16-7-8-20-19(18(16)9-12)17-11-14(3)13(2)10-15(17)4/h5-11H,1-4H3. The monoisotopic (exact) mass is 261 g/mol. The third-order valence-corrected chi connectivity index (χ3v) is 4.02. The number of pyridine rings is 1. The molecule has 1 heterocycles. The maximum absolute atomic E-state index is 4.65. The van der Waals surface area contributed by atoms with Crippen molar-refractivity contribution in [1.82, 2.24) is 4.98 Å². The molecule has 1 nitrogen and oxygen atoms in total. The van der Waals surface area contributed by atoms with Gasteiger partial charge in [0.25, 0.3) is 0 Å². The van der Waals surface area contributed by atoms with Gasteiger partial charge in [0.05, 0.1) is 5.69 Å². The predicted molar refractivity (Wildman–Crippen MR) is 86.1 cm³/mol. The molecule has 0 aliphatic heterocycles. The first-order valence-corrected chi connectivity index (χ1v) is 7.00. The smallest absolute Gasteiger partial charge is 0.0783 e. The quantitative estimate of drug-likeness (QED) is 0.591. The minimum atomic E-state index is 1.09. The Bertz CT molecular complexity index is 800. The molecular formula is C19H19N. The summed E-state index contributed by atoms with van der Waals surface area (Å²) < 4.78 is 0. The van der Waals surface area contributed by atoms with Gasteiger partial charge >= 0.3 is 0 Å². The molecule has 0 aliphatic rings. The van der Waals surface area contributed by atoms with Gasteiger partial charge in [0, 0.05) is 17.1 Å². The van der Waals surface area contributed by atoms with Crippen molar-refractivity contribution in [3.63, 3.8) is 0 Å². The molecule has 0 fully saturated rings. The normalized spacial score (nSPS) is 11.0. The van der Waals surface area contributed by atoms with Crippen LogP contribution in [0.15, 0.2) is 42.6 Å². The zero-order valence-electron chi connectivity index (χ0n) is 12.5. The number of fused-ring (bicyclic) bond motifs is 1. The van der Waals surface area contributed by atoms with Crippen LogP contribution >= 0.6 is 0 Å². The van der Waals surface area contributed by atoms with E-state index in [1.807, 2.05) is 6.20 Å². The molecule has 0 aliphatic carbocycles. The molecule has 0 atom stereocenters.